The molecule has 1 aromatic heterocycles. The highest BCUT2D eigenvalue weighted by molar-refractivity contribution is 5.25. The van der Waals surface area contributed by atoms with Crippen molar-refractivity contribution in [3.8, 4) is 11.8 Å². The highest BCUT2D eigenvalue weighted by Crippen LogP contribution is 2.36. The summed E-state index contributed by atoms with van der Waals surface area (Å²) in [4.78, 5) is 24.7. The zero-order valence-corrected chi connectivity index (χ0v) is 11.9. The topological polar surface area (TPSA) is 131 Å². The van der Waals surface area contributed by atoms with E-state index < -0.39 is 47.1 Å². The zero-order chi connectivity index (χ0) is 16.7. The molecule has 2 heterocycles. The first-order valence-electron chi connectivity index (χ1n) is 6.47. The summed E-state index contributed by atoms with van der Waals surface area (Å²) < 4.78 is 19.6. The summed E-state index contributed by atoms with van der Waals surface area (Å²) in [5.74, 6) is 3.82. The molecule has 1 aliphatic rings. The van der Waals surface area contributed by atoms with Gasteiger partial charge in [0.15, 0.2) is 11.8 Å². The maximum atomic E-state index is 13.5. The van der Waals surface area contributed by atoms with Gasteiger partial charge in [0.2, 0.25) is 5.82 Å². The number of nitrogens with zero attached hydrogens (tertiary/aromatic N) is 1. The summed E-state index contributed by atoms with van der Waals surface area (Å²) in [6.07, 6.45) is -4.41. The minimum Gasteiger partial charge on any atom is -0.391 e. The van der Waals surface area contributed by atoms with Crippen molar-refractivity contribution in [3.05, 3.63) is 32.9 Å². The first-order valence-corrected chi connectivity index (χ1v) is 6.47. The van der Waals surface area contributed by atoms with Gasteiger partial charge in [-0.1, -0.05) is 5.92 Å². The van der Waals surface area contributed by atoms with E-state index in [2.05, 4.69) is 11.8 Å². The third kappa shape index (κ3) is 2.46. The lowest BCUT2D eigenvalue weighted by molar-refractivity contribution is -0.0781. The van der Waals surface area contributed by atoms with Gasteiger partial charge in [0.1, 0.15) is 12.2 Å². The van der Waals surface area contributed by atoms with E-state index in [0.717, 1.165) is 0 Å². The Labute approximate surface area is 124 Å². The number of rotatable bonds is 2. The van der Waals surface area contributed by atoms with Crippen molar-refractivity contribution in [3.63, 3.8) is 0 Å². The van der Waals surface area contributed by atoms with E-state index >= 15 is 0 Å². The molecule has 0 spiro atoms. The van der Waals surface area contributed by atoms with Crippen molar-refractivity contribution in [2.75, 3.05) is 0 Å². The van der Waals surface area contributed by atoms with Crippen LogP contribution in [-0.2, 0) is 4.74 Å². The Morgan fingerprint density at radius 3 is 2.77 bits per heavy atom. The van der Waals surface area contributed by atoms with Crippen molar-refractivity contribution < 1.29 is 19.3 Å². The Kier molecular flexibility index (Phi) is 4.21. The fraction of sp³-hybridized carbons (Fsp3) is 0.538. The number of halogens is 1. The minimum atomic E-state index is -1.76. The summed E-state index contributed by atoms with van der Waals surface area (Å²) in [7, 11) is 0. The van der Waals surface area contributed by atoms with Gasteiger partial charge in [-0.15, -0.1) is 5.92 Å². The third-order valence-electron chi connectivity index (χ3n) is 3.49. The summed E-state index contributed by atoms with van der Waals surface area (Å²) in [6.45, 7) is 2.83. The quantitative estimate of drug-likeness (QED) is 0.469. The average Bonchev–Trinajstić information content (AvgIpc) is 2.68. The highest BCUT2D eigenvalue weighted by Gasteiger charge is 2.55. The second-order valence-corrected chi connectivity index (χ2v) is 5.09. The predicted molar refractivity (Wildman–Crippen MR) is 73.2 cm³/mol. The molecule has 9 heteroatoms. The summed E-state index contributed by atoms with van der Waals surface area (Å²) in [5, 5.41) is 19.9. The van der Waals surface area contributed by atoms with E-state index in [4.69, 9.17) is 10.5 Å². The average molecular weight is 313 g/mol. The molecule has 8 nitrogen and oxygen atoms in total. The first kappa shape index (κ1) is 16.4. The maximum absolute atomic E-state index is 13.5. The molecule has 5 atom stereocenters. The highest BCUT2D eigenvalue weighted by atomic mass is 19.1. The van der Waals surface area contributed by atoms with E-state index in [-0.39, 0.29) is 0 Å². The second-order valence-electron chi connectivity index (χ2n) is 5.09. The smallest absolute Gasteiger partial charge is 0.330 e. The van der Waals surface area contributed by atoms with Crippen LogP contribution < -0.4 is 17.0 Å². The second kappa shape index (κ2) is 5.66. The number of hydrogen-bond donors (Lipinski definition) is 4. The van der Waals surface area contributed by atoms with Crippen LogP contribution in [0.5, 0.6) is 0 Å². The molecule has 22 heavy (non-hydrogen) atoms. The molecular weight excluding hydrogens is 297 g/mol. The molecule has 2 unspecified atom stereocenters. The van der Waals surface area contributed by atoms with E-state index in [1.165, 1.54) is 13.8 Å². The van der Waals surface area contributed by atoms with E-state index in [1.54, 1.807) is 4.98 Å². The Hall–Kier alpha value is -1.99. The van der Waals surface area contributed by atoms with Crippen molar-refractivity contribution in [2.45, 2.75) is 43.9 Å². The van der Waals surface area contributed by atoms with Gasteiger partial charge in [-0.2, -0.15) is 4.39 Å². The molecule has 0 amide bonds. The molecule has 1 saturated heterocycles. The van der Waals surface area contributed by atoms with Crippen LogP contribution >= 0.6 is 0 Å². The molecule has 1 aromatic rings. The number of aromatic nitrogens is 2. The third-order valence-corrected chi connectivity index (χ3v) is 3.49. The molecule has 1 aliphatic heterocycles. The van der Waals surface area contributed by atoms with Crippen LogP contribution in [0.1, 0.15) is 20.1 Å². The number of aliphatic hydroxyl groups is 2. The largest absolute Gasteiger partial charge is 0.391 e. The summed E-state index contributed by atoms with van der Waals surface area (Å²) in [6, 6.07) is 0. The number of hydrogen-bond acceptors (Lipinski definition) is 6. The number of nitrogens with two attached hydrogens (primary N) is 1. The lowest BCUT2D eigenvalue weighted by Crippen LogP contribution is -2.55. The molecule has 5 N–H and O–H groups in total. The van der Waals surface area contributed by atoms with Crippen molar-refractivity contribution in [2.24, 2.45) is 5.73 Å². The predicted octanol–water partition coefficient (Wildman–Crippen LogP) is -1.96. The first-order chi connectivity index (χ1) is 10.2. The van der Waals surface area contributed by atoms with Crippen LogP contribution in [0.2, 0.25) is 0 Å². The number of aliphatic hydroxyl groups excluding tert-OH is 2. The fourth-order valence-electron chi connectivity index (χ4n) is 2.41. The van der Waals surface area contributed by atoms with Crippen LogP contribution in [0.15, 0.2) is 15.8 Å². The fourth-order valence-corrected chi connectivity index (χ4v) is 2.41. The summed E-state index contributed by atoms with van der Waals surface area (Å²) in [5.41, 5.74) is 2.13. The Bertz CT molecular complexity index is 747. The van der Waals surface area contributed by atoms with Crippen LogP contribution in [0.4, 0.5) is 4.39 Å². The molecule has 120 valence electrons. The standard InChI is InChI=1S/C13H16FN3O5/c1-3-4-13(15)9(19)8(6(2)18)22-11(13)17-5-7(14)10(20)16-12(17)21/h5-6,8-9,11,18-19H,15H2,1-2H3,(H,16,20,21)/t6-,8-,9?,11-,13?/m1/s1. The van der Waals surface area contributed by atoms with Crippen LogP contribution in [0.3, 0.4) is 0 Å². The van der Waals surface area contributed by atoms with Gasteiger partial charge in [0.25, 0.3) is 5.56 Å². The van der Waals surface area contributed by atoms with Gasteiger partial charge in [-0.3, -0.25) is 14.3 Å². The molecular formula is C13H16FN3O5. The van der Waals surface area contributed by atoms with Gasteiger partial charge in [0.05, 0.1) is 12.3 Å². The van der Waals surface area contributed by atoms with Gasteiger partial charge in [-0.05, 0) is 13.8 Å². The van der Waals surface area contributed by atoms with Gasteiger partial charge >= 0.3 is 5.69 Å². The normalized spacial score (nSPS) is 32.4. The maximum Gasteiger partial charge on any atom is 0.330 e. The molecule has 0 aliphatic carbocycles. The number of ether oxygens (including phenoxy) is 1. The van der Waals surface area contributed by atoms with Gasteiger partial charge in [-0.25, -0.2) is 4.79 Å². The van der Waals surface area contributed by atoms with E-state index in [0.29, 0.717) is 10.8 Å². The number of H-pyrrole nitrogens is 1. The van der Waals surface area contributed by atoms with E-state index in [1.807, 2.05) is 0 Å². The van der Waals surface area contributed by atoms with Crippen LogP contribution in [0.25, 0.3) is 0 Å². The SMILES string of the molecule is CC#CC1(N)C(O)[C@@H]([C@@H](C)O)O[C@H]1n1cc(F)c(=O)[nH]c1=O. The zero-order valence-electron chi connectivity index (χ0n) is 11.9. The number of nitrogens with one attached hydrogen (secondary N) is 1. The molecule has 0 saturated carbocycles. The molecule has 2 rings (SSSR count). The summed E-state index contributed by atoms with van der Waals surface area (Å²) >= 11 is 0. The molecule has 0 aromatic carbocycles. The lowest BCUT2D eigenvalue weighted by atomic mass is 9.90. The Morgan fingerprint density at radius 1 is 1.59 bits per heavy atom. The molecule has 0 bridgehead atoms. The Morgan fingerprint density at radius 2 is 2.23 bits per heavy atom. The minimum absolute atomic E-state index is 0.627. The van der Waals surface area contributed by atoms with Crippen molar-refractivity contribution in [1.82, 2.24) is 9.55 Å². The van der Waals surface area contributed by atoms with Gasteiger partial charge in [0, 0.05) is 0 Å². The van der Waals surface area contributed by atoms with E-state index in [9.17, 15) is 24.2 Å². The molecule has 1 fully saturated rings. The monoisotopic (exact) mass is 313 g/mol. The van der Waals surface area contributed by atoms with Gasteiger partial charge < -0.3 is 20.7 Å². The van der Waals surface area contributed by atoms with Crippen molar-refractivity contribution >= 4 is 0 Å². The Balaban J connectivity index is 2.61. The van der Waals surface area contributed by atoms with Crippen molar-refractivity contribution in [1.29, 1.82) is 0 Å². The van der Waals surface area contributed by atoms with Crippen LogP contribution in [0, 0.1) is 17.7 Å². The molecule has 0 radical (unpaired) electrons. The lowest BCUT2D eigenvalue weighted by Gasteiger charge is -2.27. The van der Waals surface area contributed by atoms with Crippen LogP contribution in [-0.4, -0.2) is 43.6 Å². The number of aromatic amines is 1.